The first-order chi connectivity index (χ1) is 14.5. The number of nitrogens with zero attached hydrogens (tertiary/aromatic N) is 2. The highest BCUT2D eigenvalue weighted by atomic mass is 19.1. The second-order valence-corrected chi connectivity index (χ2v) is 7.55. The summed E-state index contributed by atoms with van der Waals surface area (Å²) in [4.78, 5) is 19.4. The Morgan fingerprint density at radius 3 is 2.40 bits per heavy atom. The summed E-state index contributed by atoms with van der Waals surface area (Å²) in [7, 11) is 0. The summed E-state index contributed by atoms with van der Waals surface area (Å²) in [5, 5.41) is 6.01. The highest BCUT2D eigenvalue weighted by Gasteiger charge is 2.12. The number of benzene rings is 2. The number of carbonyl (C=O) groups is 1. The number of halogens is 1. The third-order valence-corrected chi connectivity index (χ3v) is 4.97. The summed E-state index contributed by atoms with van der Waals surface area (Å²) in [6.07, 6.45) is 0. The van der Waals surface area contributed by atoms with Crippen LogP contribution < -0.4 is 10.6 Å². The molecule has 0 saturated carbocycles. The van der Waals surface area contributed by atoms with Crippen molar-refractivity contribution in [2.45, 2.75) is 19.8 Å². The molecule has 0 unspecified atom stereocenters. The van der Waals surface area contributed by atoms with Gasteiger partial charge in [0.15, 0.2) is 0 Å². The maximum absolute atomic E-state index is 13.2. The number of hydrogen-bond donors (Lipinski definition) is 2. The molecular formula is C23H29FN4O2. The van der Waals surface area contributed by atoms with Crippen LogP contribution in [0.25, 0.3) is 0 Å². The summed E-state index contributed by atoms with van der Waals surface area (Å²) in [5.41, 5.74) is 2.44. The van der Waals surface area contributed by atoms with Crippen LogP contribution in [0.3, 0.4) is 0 Å². The lowest BCUT2D eigenvalue weighted by atomic mass is 10.0. The second-order valence-electron chi connectivity index (χ2n) is 7.55. The Morgan fingerprint density at radius 1 is 1.10 bits per heavy atom. The lowest BCUT2D eigenvalue weighted by molar-refractivity contribution is 0.0394. The smallest absolute Gasteiger partial charge is 0.257 e. The van der Waals surface area contributed by atoms with E-state index in [0.717, 1.165) is 38.5 Å². The van der Waals surface area contributed by atoms with Gasteiger partial charge in [-0.25, -0.2) is 4.39 Å². The first-order valence-corrected chi connectivity index (χ1v) is 10.3. The fourth-order valence-electron chi connectivity index (χ4n) is 3.11. The van der Waals surface area contributed by atoms with E-state index < -0.39 is 0 Å². The number of rotatable bonds is 6. The van der Waals surface area contributed by atoms with Crippen LogP contribution in [0.15, 0.2) is 53.5 Å². The van der Waals surface area contributed by atoms with Crippen molar-refractivity contribution in [3.63, 3.8) is 0 Å². The molecule has 1 saturated heterocycles. The molecule has 1 aliphatic heterocycles. The molecule has 0 bridgehead atoms. The van der Waals surface area contributed by atoms with Gasteiger partial charge < -0.3 is 10.1 Å². The monoisotopic (exact) mass is 412 g/mol. The number of hydrogen-bond acceptors (Lipinski definition) is 4. The Balaban J connectivity index is 1.68. The fourth-order valence-corrected chi connectivity index (χ4v) is 3.11. The lowest BCUT2D eigenvalue weighted by Crippen LogP contribution is -2.39. The van der Waals surface area contributed by atoms with Gasteiger partial charge in [-0.1, -0.05) is 26.0 Å². The van der Waals surface area contributed by atoms with Gasteiger partial charge in [0, 0.05) is 30.9 Å². The van der Waals surface area contributed by atoms with Crippen molar-refractivity contribution in [2.75, 3.05) is 44.7 Å². The molecule has 0 radical (unpaired) electrons. The van der Waals surface area contributed by atoms with Crippen LogP contribution in [0.4, 0.5) is 10.1 Å². The molecule has 1 heterocycles. The molecule has 1 amide bonds. The molecule has 1 aliphatic rings. The first-order valence-electron chi connectivity index (χ1n) is 10.3. The number of carbonyl (C=O) groups excluding carboxylic acids is 1. The number of anilines is 1. The maximum atomic E-state index is 13.2. The van der Waals surface area contributed by atoms with Crippen LogP contribution in [0, 0.1) is 5.82 Å². The number of ether oxygens (including phenoxy) is 1. The van der Waals surface area contributed by atoms with Crippen molar-refractivity contribution in [3.8, 4) is 0 Å². The highest BCUT2D eigenvalue weighted by Crippen LogP contribution is 2.17. The molecule has 7 heteroatoms. The molecule has 2 N–H and O–H groups in total. The Bertz CT molecular complexity index is 845. The topological polar surface area (TPSA) is 66.0 Å². The van der Waals surface area contributed by atoms with E-state index in [9.17, 15) is 9.18 Å². The van der Waals surface area contributed by atoms with E-state index in [0.29, 0.717) is 24.0 Å². The Morgan fingerprint density at radius 2 is 1.77 bits per heavy atom. The highest BCUT2D eigenvalue weighted by molar-refractivity contribution is 6.09. The molecule has 6 nitrogen and oxygen atoms in total. The van der Waals surface area contributed by atoms with Crippen LogP contribution in [0.2, 0.25) is 0 Å². The van der Waals surface area contributed by atoms with Crippen molar-refractivity contribution in [1.82, 2.24) is 10.2 Å². The largest absolute Gasteiger partial charge is 0.379 e. The van der Waals surface area contributed by atoms with Crippen molar-refractivity contribution >= 4 is 17.6 Å². The first kappa shape index (κ1) is 21.9. The van der Waals surface area contributed by atoms with Gasteiger partial charge in [0.2, 0.25) is 5.96 Å². The van der Waals surface area contributed by atoms with Crippen molar-refractivity contribution < 1.29 is 13.9 Å². The van der Waals surface area contributed by atoms with E-state index in [1.54, 1.807) is 0 Å². The SMILES string of the molecule is CC(C)c1ccc(NC(=NCCN2CCOCC2)NC(=O)c2ccc(F)cc2)cc1. The third kappa shape index (κ3) is 6.64. The van der Waals surface area contributed by atoms with Gasteiger partial charge in [-0.05, 0) is 47.9 Å². The number of nitrogens with one attached hydrogen (secondary N) is 2. The molecule has 0 spiro atoms. The van der Waals surface area contributed by atoms with E-state index in [-0.39, 0.29) is 11.7 Å². The average Bonchev–Trinajstić information content (AvgIpc) is 2.75. The number of aliphatic imine (C=N–C) groups is 1. The van der Waals surface area contributed by atoms with Gasteiger partial charge in [-0.15, -0.1) is 0 Å². The number of guanidine groups is 1. The number of amides is 1. The van der Waals surface area contributed by atoms with Crippen molar-refractivity contribution in [3.05, 3.63) is 65.5 Å². The van der Waals surface area contributed by atoms with Gasteiger partial charge in [0.05, 0.1) is 19.8 Å². The Labute approximate surface area is 177 Å². The van der Waals surface area contributed by atoms with E-state index in [1.807, 2.05) is 12.1 Å². The Kier molecular flexibility index (Phi) is 7.93. The minimum Gasteiger partial charge on any atom is -0.379 e. The summed E-state index contributed by atoms with van der Waals surface area (Å²) >= 11 is 0. The minimum atomic E-state index is -0.380. The van der Waals surface area contributed by atoms with Gasteiger partial charge in [-0.3, -0.25) is 20.0 Å². The molecule has 3 rings (SSSR count). The van der Waals surface area contributed by atoms with Gasteiger partial charge in [0.25, 0.3) is 5.91 Å². The third-order valence-electron chi connectivity index (χ3n) is 4.97. The second kappa shape index (κ2) is 10.8. The van der Waals surface area contributed by atoms with E-state index in [4.69, 9.17) is 4.74 Å². The van der Waals surface area contributed by atoms with Crippen molar-refractivity contribution in [2.24, 2.45) is 4.99 Å². The predicted octanol–water partition coefficient (Wildman–Crippen LogP) is 3.48. The normalized spacial score (nSPS) is 15.3. The van der Waals surface area contributed by atoms with Crippen LogP contribution >= 0.6 is 0 Å². The quantitative estimate of drug-likeness (QED) is 0.563. The molecule has 2 aromatic carbocycles. The zero-order valence-corrected chi connectivity index (χ0v) is 17.5. The number of morpholine rings is 1. The molecule has 0 atom stereocenters. The van der Waals surface area contributed by atoms with Crippen molar-refractivity contribution in [1.29, 1.82) is 0 Å². The molecule has 0 aromatic heterocycles. The van der Waals surface area contributed by atoms with E-state index in [1.165, 1.54) is 29.8 Å². The van der Waals surface area contributed by atoms with Gasteiger partial charge in [-0.2, -0.15) is 0 Å². The van der Waals surface area contributed by atoms with Gasteiger partial charge in [0.1, 0.15) is 5.82 Å². The maximum Gasteiger partial charge on any atom is 0.257 e. The zero-order valence-electron chi connectivity index (χ0n) is 17.5. The molecule has 1 fully saturated rings. The molecule has 30 heavy (non-hydrogen) atoms. The molecular weight excluding hydrogens is 383 g/mol. The average molecular weight is 413 g/mol. The summed E-state index contributed by atoms with van der Waals surface area (Å²) in [6, 6.07) is 13.5. The van der Waals surface area contributed by atoms with Gasteiger partial charge >= 0.3 is 0 Å². The Hall–Kier alpha value is -2.77. The lowest BCUT2D eigenvalue weighted by Gasteiger charge is -2.25. The molecule has 0 aliphatic carbocycles. The minimum absolute atomic E-state index is 0.341. The summed E-state index contributed by atoms with van der Waals surface area (Å²) in [5.74, 6) is 0.0921. The summed E-state index contributed by atoms with van der Waals surface area (Å²) in [6.45, 7) is 8.85. The van der Waals surface area contributed by atoms with Crippen LogP contribution in [-0.2, 0) is 4.74 Å². The summed E-state index contributed by atoms with van der Waals surface area (Å²) < 4.78 is 18.5. The molecule has 2 aromatic rings. The zero-order chi connectivity index (χ0) is 21.3. The predicted molar refractivity (Wildman–Crippen MR) is 118 cm³/mol. The van der Waals surface area contributed by atoms with Crippen LogP contribution in [-0.4, -0.2) is 56.2 Å². The van der Waals surface area contributed by atoms with E-state index >= 15 is 0 Å². The fraction of sp³-hybridized carbons (Fsp3) is 0.391. The standard InChI is InChI=1S/C23H29FN4O2/c1-17(2)18-5-9-21(10-6-18)26-23(25-11-12-28-13-15-30-16-14-28)27-22(29)19-3-7-20(24)8-4-19/h3-10,17H,11-16H2,1-2H3,(H2,25,26,27,29). The van der Waals surface area contributed by atoms with Crippen LogP contribution in [0.5, 0.6) is 0 Å². The molecule has 160 valence electrons. The van der Waals surface area contributed by atoms with E-state index in [2.05, 4.69) is 46.5 Å². The van der Waals surface area contributed by atoms with Crippen LogP contribution in [0.1, 0.15) is 35.7 Å².